The van der Waals surface area contributed by atoms with Gasteiger partial charge in [-0.25, -0.2) is 4.39 Å². The number of halogens is 2. The van der Waals surface area contributed by atoms with Crippen LogP contribution in [0.2, 0.25) is 0 Å². The van der Waals surface area contributed by atoms with Crippen LogP contribution < -0.4 is 15.5 Å². The zero-order chi connectivity index (χ0) is 21.8. The average molecular weight is 474 g/mol. The van der Waals surface area contributed by atoms with Gasteiger partial charge in [0.2, 0.25) is 0 Å². The van der Waals surface area contributed by atoms with Crippen molar-refractivity contribution < 1.29 is 23.2 Å². The van der Waals surface area contributed by atoms with Gasteiger partial charge in [-0.15, -0.1) is 0 Å². The van der Waals surface area contributed by atoms with Gasteiger partial charge in [0, 0.05) is 19.8 Å². The van der Waals surface area contributed by atoms with Crippen LogP contribution in [-0.4, -0.2) is 31.8 Å². The summed E-state index contributed by atoms with van der Waals surface area (Å²) in [5, 5.41) is 4.97. The van der Waals surface area contributed by atoms with E-state index in [1.165, 1.54) is 37.2 Å². The van der Waals surface area contributed by atoms with E-state index in [2.05, 4.69) is 26.6 Å². The highest BCUT2D eigenvalue weighted by molar-refractivity contribution is 9.10. The first-order chi connectivity index (χ1) is 14.3. The molecule has 2 N–H and O–H groups in total. The predicted octanol–water partition coefficient (Wildman–Crippen LogP) is 4.07. The maximum absolute atomic E-state index is 13.9. The van der Waals surface area contributed by atoms with E-state index < -0.39 is 23.5 Å². The minimum atomic E-state index is -0.706. The number of carbonyl (C=O) groups is 3. The number of hydrogen-bond donors (Lipinski definition) is 2. The molecule has 0 bridgehead atoms. The Labute approximate surface area is 180 Å². The van der Waals surface area contributed by atoms with E-state index in [9.17, 15) is 18.8 Å². The molecule has 0 saturated heterocycles. The van der Waals surface area contributed by atoms with Crippen molar-refractivity contribution in [1.82, 2.24) is 5.32 Å². The fourth-order valence-corrected chi connectivity index (χ4v) is 3.08. The molecule has 0 aliphatic rings. The molecule has 3 aromatic rings. The third-order valence-electron chi connectivity index (χ3n) is 4.29. The smallest absolute Gasteiger partial charge is 0.293 e. The van der Waals surface area contributed by atoms with E-state index >= 15 is 0 Å². The van der Waals surface area contributed by atoms with E-state index in [1.807, 2.05) is 0 Å². The van der Waals surface area contributed by atoms with Gasteiger partial charge < -0.3 is 20.0 Å². The number of hydrogen-bond acceptors (Lipinski definition) is 4. The van der Waals surface area contributed by atoms with Crippen LogP contribution in [0.5, 0.6) is 0 Å². The molecule has 1 heterocycles. The molecular formula is C21H17BrFN3O4. The molecule has 0 fully saturated rings. The lowest BCUT2D eigenvalue weighted by Crippen LogP contribution is -2.28. The number of carbonyl (C=O) groups excluding carboxylic acids is 3. The predicted molar refractivity (Wildman–Crippen MR) is 113 cm³/mol. The molecule has 0 aliphatic carbocycles. The van der Waals surface area contributed by atoms with Crippen molar-refractivity contribution in [1.29, 1.82) is 0 Å². The van der Waals surface area contributed by atoms with Crippen molar-refractivity contribution in [2.24, 2.45) is 0 Å². The molecular weight excluding hydrogens is 457 g/mol. The third kappa shape index (κ3) is 4.41. The topological polar surface area (TPSA) is 91.7 Å². The number of nitrogens with zero attached hydrogens (tertiary/aromatic N) is 1. The van der Waals surface area contributed by atoms with Gasteiger partial charge in [-0.2, -0.15) is 0 Å². The minimum Gasteiger partial charge on any atom is -0.444 e. The molecule has 0 unspecified atom stereocenters. The Balaban J connectivity index is 1.88. The van der Waals surface area contributed by atoms with Crippen LogP contribution in [0.3, 0.4) is 0 Å². The maximum Gasteiger partial charge on any atom is 0.293 e. The molecule has 0 spiro atoms. The van der Waals surface area contributed by atoms with E-state index in [4.69, 9.17) is 4.42 Å². The third-order valence-corrected chi connectivity index (χ3v) is 4.72. The largest absolute Gasteiger partial charge is 0.444 e. The van der Waals surface area contributed by atoms with E-state index in [1.54, 1.807) is 30.3 Å². The normalized spacial score (nSPS) is 10.4. The molecule has 1 aromatic heterocycles. The molecule has 3 rings (SSSR count). The Morgan fingerprint density at radius 3 is 2.40 bits per heavy atom. The van der Waals surface area contributed by atoms with Crippen molar-refractivity contribution in [3.63, 3.8) is 0 Å². The molecule has 0 saturated carbocycles. The van der Waals surface area contributed by atoms with Crippen LogP contribution >= 0.6 is 15.9 Å². The summed E-state index contributed by atoms with van der Waals surface area (Å²) in [4.78, 5) is 38.6. The highest BCUT2D eigenvalue weighted by Gasteiger charge is 2.22. The Hall–Kier alpha value is -3.46. The first-order valence-corrected chi connectivity index (χ1v) is 9.56. The zero-order valence-corrected chi connectivity index (χ0v) is 17.6. The molecule has 9 heteroatoms. The zero-order valence-electron chi connectivity index (χ0n) is 16.0. The highest BCUT2D eigenvalue weighted by atomic mass is 79.9. The molecule has 2 aromatic carbocycles. The van der Waals surface area contributed by atoms with E-state index in [0.717, 1.165) is 6.07 Å². The molecule has 0 aliphatic heterocycles. The van der Waals surface area contributed by atoms with Crippen LogP contribution in [0, 0.1) is 5.82 Å². The SMILES string of the molecule is CNC(=O)c1cc(NC(=O)c2ccccc2N(C)C(=O)c2ccc(Br)o2)ccc1F. The quantitative estimate of drug-likeness (QED) is 0.584. The van der Waals surface area contributed by atoms with Crippen molar-refractivity contribution >= 4 is 45.0 Å². The van der Waals surface area contributed by atoms with Gasteiger partial charge in [-0.1, -0.05) is 12.1 Å². The molecule has 3 amide bonds. The van der Waals surface area contributed by atoms with Crippen molar-refractivity contribution in [3.8, 4) is 0 Å². The van der Waals surface area contributed by atoms with Crippen molar-refractivity contribution in [2.45, 2.75) is 0 Å². The summed E-state index contributed by atoms with van der Waals surface area (Å²) in [6.07, 6.45) is 0. The summed E-state index contributed by atoms with van der Waals surface area (Å²) < 4.78 is 19.6. The van der Waals surface area contributed by atoms with E-state index in [-0.39, 0.29) is 22.6 Å². The van der Waals surface area contributed by atoms with Crippen LogP contribution in [0.25, 0.3) is 0 Å². The van der Waals surface area contributed by atoms with Crippen LogP contribution in [-0.2, 0) is 0 Å². The number of amides is 3. The Morgan fingerprint density at radius 2 is 1.73 bits per heavy atom. The molecule has 0 atom stereocenters. The highest BCUT2D eigenvalue weighted by Crippen LogP contribution is 2.24. The van der Waals surface area contributed by atoms with Gasteiger partial charge in [0.15, 0.2) is 10.4 Å². The first kappa shape index (κ1) is 21.3. The maximum atomic E-state index is 13.9. The first-order valence-electron chi connectivity index (χ1n) is 8.77. The van der Waals surface area contributed by atoms with Crippen molar-refractivity contribution in [3.05, 3.63) is 82.0 Å². The fraction of sp³-hybridized carbons (Fsp3) is 0.0952. The van der Waals surface area contributed by atoms with Gasteiger partial charge in [-0.05, 0) is 58.4 Å². The Kier molecular flexibility index (Phi) is 6.31. The number of rotatable bonds is 5. The summed E-state index contributed by atoms with van der Waals surface area (Å²) in [6.45, 7) is 0. The fourth-order valence-electron chi connectivity index (χ4n) is 2.77. The molecule has 7 nitrogen and oxygen atoms in total. The number of nitrogens with one attached hydrogen (secondary N) is 2. The summed E-state index contributed by atoms with van der Waals surface area (Å²) in [6, 6.07) is 13.3. The second-order valence-corrected chi connectivity index (χ2v) is 6.99. The lowest BCUT2D eigenvalue weighted by Gasteiger charge is -2.19. The second-order valence-electron chi connectivity index (χ2n) is 6.21. The second kappa shape index (κ2) is 8.91. The van der Waals surface area contributed by atoms with Crippen LogP contribution in [0.4, 0.5) is 15.8 Å². The lowest BCUT2D eigenvalue weighted by molar-refractivity contribution is 0.0952. The van der Waals surface area contributed by atoms with Gasteiger partial charge in [0.25, 0.3) is 17.7 Å². The molecule has 154 valence electrons. The summed E-state index contributed by atoms with van der Waals surface area (Å²) in [5.74, 6) is -2.18. The standard InChI is InChI=1S/C21H17BrFN3O4/c1-24-19(27)14-11-12(7-8-15(14)23)25-20(28)13-5-3-4-6-16(13)26(2)21(29)17-9-10-18(22)30-17/h3-11H,1-2H3,(H,24,27)(H,25,28). The number of anilines is 2. The Bertz CT molecular complexity index is 1130. The summed E-state index contributed by atoms with van der Waals surface area (Å²) in [7, 11) is 2.90. The summed E-state index contributed by atoms with van der Waals surface area (Å²) >= 11 is 3.15. The number of furan rings is 1. The number of benzene rings is 2. The Morgan fingerprint density at radius 1 is 1.00 bits per heavy atom. The van der Waals surface area contributed by atoms with Gasteiger partial charge in [0.1, 0.15) is 5.82 Å². The number of para-hydroxylation sites is 1. The molecule has 0 radical (unpaired) electrons. The van der Waals surface area contributed by atoms with Crippen molar-refractivity contribution in [2.75, 3.05) is 24.3 Å². The van der Waals surface area contributed by atoms with Gasteiger partial charge in [-0.3, -0.25) is 14.4 Å². The average Bonchev–Trinajstić information content (AvgIpc) is 3.19. The minimum absolute atomic E-state index is 0.105. The van der Waals surface area contributed by atoms with Gasteiger partial charge in [0.05, 0.1) is 16.8 Å². The summed E-state index contributed by atoms with van der Waals surface area (Å²) in [5.41, 5.74) is 0.601. The lowest BCUT2D eigenvalue weighted by atomic mass is 10.1. The monoisotopic (exact) mass is 473 g/mol. The van der Waals surface area contributed by atoms with Crippen LogP contribution in [0.1, 0.15) is 31.3 Å². The van der Waals surface area contributed by atoms with Gasteiger partial charge >= 0.3 is 0 Å². The molecule has 30 heavy (non-hydrogen) atoms. The van der Waals surface area contributed by atoms with Crippen LogP contribution in [0.15, 0.2) is 63.7 Å². The van der Waals surface area contributed by atoms with E-state index in [0.29, 0.717) is 10.4 Å².